The zero-order valence-corrected chi connectivity index (χ0v) is 13.7. The summed E-state index contributed by atoms with van der Waals surface area (Å²) in [4.78, 5) is 2.77. The van der Waals surface area contributed by atoms with Crippen LogP contribution in [-0.4, -0.2) is 36.6 Å². The fourth-order valence-corrected chi connectivity index (χ4v) is 4.36. The standard InChI is InChI=1S/C17H34N2/c1-6-18-16-15(9-10-17(16,4)5)12-19-11-7-8-13(2)14(19)3/h13-16,18H,6-12H2,1-5H3. The molecule has 1 aliphatic carbocycles. The molecule has 2 heteroatoms. The van der Waals surface area contributed by atoms with Crippen LogP contribution in [0.15, 0.2) is 0 Å². The van der Waals surface area contributed by atoms with Gasteiger partial charge in [-0.1, -0.05) is 27.7 Å². The summed E-state index contributed by atoms with van der Waals surface area (Å²) in [6.07, 6.45) is 5.60. The van der Waals surface area contributed by atoms with Gasteiger partial charge in [0.25, 0.3) is 0 Å². The van der Waals surface area contributed by atoms with E-state index in [2.05, 4.69) is 44.8 Å². The van der Waals surface area contributed by atoms with E-state index in [1.807, 2.05) is 0 Å². The molecule has 4 unspecified atom stereocenters. The maximum absolute atomic E-state index is 3.77. The normalized spacial score (nSPS) is 39.6. The van der Waals surface area contributed by atoms with Gasteiger partial charge in [0, 0.05) is 18.6 Å². The molecule has 0 radical (unpaired) electrons. The van der Waals surface area contributed by atoms with Crippen LogP contribution in [0.1, 0.15) is 60.3 Å². The van der Waals surface area contributed by atoms with Crippen molar-refractivity contribution in [2.75, 3.05) is 19.6 Å². The van der Waals surface area contributed by atoms with Gasteiger partial charge in [0.1, 0.15) is 0 Å². The highest BCUT2D eigenvalue weighted by Gasteiger charge is 2.42. The molecule has 0 aromatic rings. The first-order valence-electron chi connectivity index (χ1n) is 8.43. The van der Waals surface area contributed by atoms with Gasteiger partial charge in [-0.25, -0.2) is 0 Å². The summed E-state index contributed by atoms with van der Waals surface area (Å²) in [7, 11) is 0. The first kappa shape index (κ1) is 15.3. The summed E-state index contributed by atoms with van der Waals surface area (Å²) >= 11 is 0. The van der Waals surface area contributed by atoms with Crippen LogP contribution in [0.25, 0.3) is 0 Å². The van der Waals surface area contributed by atoms with E-state index in [-0.39, 0.29) is 0 Å². The van der Waals surface area contributed by atoms with Crippen molar-refractivity contribution in [3.63, 3.8) is 0 Å². The second kappa shape index (κ2) is 6.13. The van der Waals surface area contributed by atoms with E-state index < -0.39 is 0 Å². The van der Waals surface area contributed by atoms with Gasteiger partial charge in [-0.05, 0) is 62.9 Å². The minimum Gasteiger partial charge on any atom is -0.313 e. The van der Waals surface area contributed by atoms with Crippen LogP contribution in [-0.2, 0) is 0 Å². The number of rotatable bonds is 4. The monoisotopic (exact) mass is 266 g/mol. The second-order valence-electron chi connectivity index (χ2n) is 7.68. The van der Waals surface area contributed by atoms with Crippen LogP contribution in [0.2, 0.25) is 0 Å². The quantitative estimate of drug-likeness (QED) is 0.837. The maximum Gasteiger partial charge on any atom is 0.0159 e. The lowest BCUT2D eigenvalue weighted by molar-refractivity contribution is 0.0852. The smallest absolute Gasteiger partial charge is 0.0159 e. The van der Waals surface area contributed by atoms with Gasteiger partial charge in [0.2, 0.25) is 0 Å². The predicted octanol–water partition coefficient (Wildman–Crippen LogP) is 3.52. The maximum atomic E-state index is 3.77. The van der Waals surface area contributed by atoms with E-state index in [0.717, 1.165) is 24.4 Å². The molecule has 2 aliphatic rings. The molecule has 1 saturated carbocycles. The molecule has 1 aliphatic heterocycles. The minimum atomic E-state index is 0.477. The number of nitrogens with one attached hydrogen (secondary N) is 1. The molecule has 0 amide bonds. The number of likely N-dealkylation sites (tertiary alicyclic amines) is 1. The summed E-state index contributed by atoms with van der Waals surface area (Å²) in [5, 5.41) is 3.77. The third-order valence-corrected chi connectivity index (χ3v) is 5.87. The van der Waals surface area contributed by atoms with Gasteiger partial charge < -0.3 is 10.2 Å². The molecule has 19 heavy (non-hydrogen) atoms. The van der Waals surface area contributed by atoms with E-state index in [1.165, 1.54) is 38.8 Å². The molecule has 1 N–H and O–H groups in total. The van der Waals surface area contributed by atoms with Crippen LogP contribution in [0.4, 0.5) is 0 Å². The molecule has 4 atom stereocenters. The van der Waals surface area contributed by atoms with Crippen molar-refractivity contribution >= 4 is 0 Å². The third kappa shape index (κ3) is 3.33. The summed E-state index contributed by atoms with van der Waals surface area (Å²) in [6.45, 7) is 15.7. The molecule has 2 rings (SSSR count). The topological polar surface area (TPSA) is 15.3 Å². The summed E-state index contributed by atoms with van der Waals surface area (Å²) in [5.74, 6) is 1.73. The molecule has 0 aromatic heterocycles. The van der Waals surface area contributed by atoms with Crippen molar-refractivity contribution in [2.45, 2.75) is 72.4 Å². The van der Waals surface area contributed by atoms with Crippen LogP contribution < -0.4 is 5.32 Å². The van der Waals surface area contributed by atoms with Crippen LogP contribution in [0.3, 0.4) is 0 Å². The zero-order chi connectivity index (χ0) is 14.0. The number of piperidine rings is 1. The Labute approximate surface area is 120 Å². The van der Waals surface area contributed by atoms with Gasteiger partial charge >= 0.3 is 0 Å². The van der Waals surface area contributed by atoms with E-state index in [4.69, 9.17) is 0 Å². The summed E-state index contributed by atoms with van der Waals surface area (Å²) in [6, 6.07) is 1.49. The molecular weight excluding hydrogens is 232 g/mol. The first-order valence-corrected chi connectivity index (χ1v) is 8.43. The molecule has 2 fully saturated rings. The Morgan fingerprint density at radius 3 is 2.63 bits per heavy atom. The molecule has 1 heterocycles. The van der Waals surface area contributed by atoms with Crippen LogP contribution >= 0.6 is 0 Å². The largest absolute Gasteiger partial charge is 0.313 e. The number of nitrogens with zero attached hydrogens (tertiary/aromatic N) is 1. The third-order valence-electron chi connectivity index (χ3n) is 5.87. The fourth-order valence-electron chi connectivity index (χ4n) is 4.36. The van der Waals surface area contributed by atoms with Crippen molar-refractivity contribution in [1.82, 2.24) is 10.2 Å². The predicted molar refractivity (Wildman–Crippen MR) is 83.4 cm³/mol. The van der Waals surface area contributed by atoms with Gasteiger partial charge in [-0.2, -0.15) is 0 Å². The SMILES string of the molecule is CCNC1C(CN2CCCC(C)C2C)CCC1(C)C. The Morgan fingerprint density at radius 2 is 1.95 bits per heavy atom. The highest BCUT2D eigenvalue weighted by Crippen LogP contribution is 2.42. The molecule has 112 valence electrons. The molecule has 0 bridgehead atoms. The van der Waals surface area contributed by atoms with Crippen molar-refractivity contribution < 1.29 is 0 Å². The lowest BCUT2D eigenvalue weighted by atomic mass is 9.84. The second-order valence-corrected chi connectivity index (χ2v) is 7.68. The van der Waals surface area contributed by atoms with E-state index in [0.29, 0.717) is 11.5 Å². The van der Waals surface area contributed by atoms with E-state index in [1.54, 1.807) is 0 Å². The van der Waals surface area contributed by atoms with E-state index >= 15 is 0 Å². The van der Waals surface area contributed by atoms with Crippen molar-refractivity contribution in [2.24, 2.45) is 17.3 Å². The zero-order valence-electron chi connectivity index (χ0n) is 13.7. The van der Waals surface area contributed by atoms with Gasteiger partial charge in [0.15, 0.2) is 0 Å². The highest BCUT2D eigenvalue weighted by molar-refractivity contribution is 4.97. The number of hydrogen-bond donors (Lipinski definition) is 1. The number of hydrogen-bond acceptors (Lipinski definition) is 2. The Kier molecular flexibility index (Phi) is 4.94. The Hall–Kier alpha value is -0.0800. The average Bonchev–Trinajstić information content (AvgIpc) is 2.63. The average molecular weight is 266 g/mol. The molecule has 1 saturated heterocycles. The Morgan fingerprint density at radius 1 is 1.21 bits per heavy atom. The summed E-state index contributed by atoms with van der Waals surface area (Å²) < 4.78 is 0. The minimum absolute atomic E-state index is 0.477. The molecular formula is C17H34N2. The fraction of sp³-hybridized carbons (Fsp3) is 1.00. The van der Waals surface area contributed by atoms with Crippen LogP contribution in [0.5, 0.6) is 0 Å². The summed E-state index contributed by atoms with van der Waals surface area (Å²) in [5.41, 5.74) is 0.477. The molecule has 0 aromatic carbocycles. The van der Waals surface area contributed by atoms with Crippen molar-refractivity contribution in [1.29, 1.82) is 0 Å². The van der Waals surface area contributed by atoms with E-state index in [9.17, 15) is 0 Å². The van der Waals surface area contributed by atoms with Gasteiger partial charge in [-0.15, -0.1) is 0 Å². The first-order chi connectivity index (χ1) is 8.95. The van der Waals surface area contributed by atoms with Crippen LogP contribution in [0, 0.1) is 17.3 Å². The highest BCUT2D eigenvalue weighted by atomic mass is 15.2. The molecule has 0 spiro atoms. The lowest BCUT2D eigenvalue weighted by Gasteiger charge is -2.41. The van der Waals surface area contributed by atoms with Crippen molar-refractivity contribution in [3.8, 4) is 0 Å². The Balaban J connectivity index is 1.97. The van der Waals surface area contributed by atoms with Gasteiger partial charge in [0.05, 0.1) is 0 Å². The Bertz CT molecular complexity index is 287. The van der Waals surface area contributed by atoms with Crippen molar-refractivity contribution in [3.05, 3.63) is 0 Å². The lowest BCUT2D eigenvalue weighted by Crippen LogP contribution is -2.49. The molecule has 2 nitrogen and oxygen atoms in total. The van der Waals surface area contributed by atoms with Gasteiger partial charge in [-0.3, -0.25) is 0 Å².